The fourth-order valence-electron chi connectivity index (χ4n) is 2.35. The molecule has 18 heavy (non-hydrogen) atoms. The van der Waals surface area contributed by atoms with Crippen LogP contribution in [0.2, 0.25) is 5.02 Å². The lowest BCUT2D eigenvalue weighted by Crippen LogP contribution is -2.24. The summed E-state index contributed by atoms with van der Waals surface area (Å²) in [6, 6.07) is 4.58. The predicted molar refractivity (Wildman–Crippen MR) is 76.9 cm³/mol. The zero-order chi connectivity index (χ0) is 13.0. The minimum Gasteiger partial charge on any atom is -0.495 e. The molecule has 1 aliphatic rings. The van der Waals surface area contributed by atoms with E-state index in [0.717, 1.165) is 41.5 Å². The molecule has 1 unspecified atom stereocenters. The SMILES string of the molecule is COc1cc(Cl)c(C)cc1NCCC1CCCN1. The van der Waals surface area contributed by atoms with Gasteiger partial charge in [-0.15, -0.1) is 0 Å². The molecule has 0 amide bonds. The molecular formula is C14H21ClN2O. The molecular weight excluding hydrogens is 248 g/mol. The first-order chi connectivity index (χ1) is 8.70. The number of methoxy groups -OCH3 is 1. The third-order valence-corrected chi connectivity index (χ3v) is 3.86. The van der Waals surface area contributed by atoms with Crippen molar-refractivity contribution >= 4 is 17.3 Å². The van der Waals surface area contributed by atoms with Gasteiger partial charge in [0.25, 0.3) is 0 Å². The van der Waals surface area contributed by atoms with Crippen LogP contribution in [-0.4, -0.2) is 26.2 Å². The molecule has 1 aromatic rings. The van der Waals surface area contributed by atoms with Crippen molar-refractivity contribution in [1.29, 1.82) is 0 Å². The van der Waals surface area contributed by atoms with Crippen LogP contribution in [0.25, 0.3) is 0 Å². The highest BCUT2D eigenvalue weighted by atomic mass is 35.5. The molecule has 0 radical (unpaired) electrons. The lowest BCUT2D eigenvalue weighted by atomic mass is 10.1. The van der Waals surface area contributed by atoms with Crippen molar-refractivity contribution < 1.29 is 4.74 Å². The van der Waals surface area contributed by atoms with Crippen LogP contribution in [0.5, 0.6) is 5.75 Å². The number of halogens is 1. The van der Waals surface area contributed by atoms with E-state index in [9.17, 15) is 0 Å². The van der Waals surface area contributed by atoms with E-state index in [4.69, 9.17) is 16.3 Å². The van der Waals surface area contributed by atoms with Crippen molar-refractivity contribution in [1.82, 2.24) is 5.32 Å². The number of nitrogens with one attached hydrogen (secondary N) is 2. The number of aryl methyl sites for hydroxylation is 1. The van der Waals surface area contributed by atoms with Gasteiger partial charge in [-0.25, -0.2) is 0 Å². The Balaban J connectivity index is 1.93. The maximum absolute atomic E-state index is 6.08. The van der Waals surface area contributed by atoms with Gasteiger partial charge in [-0.05, 0) is 44.4 Å². The molecule has 1 fully saturated rings. The molecule has 1 heterocycles. The van der Waals surface area contributed by atoms with Crippen molar-refractivity contribution in [3.8, 4) is 5.75 Å². The Kier molecular flexibility index (Phi) is 4.72. The molecule has 0 spiro atoms. The molecule has 3 nitrogen and oxygen atoms in total. The summed E-state index contributed by atoms with van der Waals surface area (Å²) in [5.41, 5.74) is 2.09. The van der Waals surface area contributed by atoms with Gasteiger partial charge in [-0.2, -0.15) is 0 Å². The highest BCUT2D eigenvalue weighted by Crippen LogP contribution is 2.30. The molecule has 2 rings (SSSR count). The Bertz CT molecular complexity index is 403. The quantitative estimate of drug-likeness (QED) is 0.860. The summed E-state index contributed by atoms with van der Waals surface area (Å²) in [7, 11) is 1.67. The number of anilines is 1. The van der Waals surface area contributed by atoms with E-state index in [2.05, 4.69) is 10.6 Å². The van der Waals surface area contributed by atoms with Gasteiger partial charge < -0.3 is 15.4 Å². The first kappa shape index (κ1) is 13.5. The van der Waals surface area contributed by atoms with Crippen LogP contribution in [0.3, 0.4) is 0 Å². The van der Waals surface area contributed by atoms with E-state index in [-0.39, 0.29) is 0 Å². The maximum atomic E-state index is 6.08. The number of benzene rings is 1. The summed E-state index contributed by atoms with van der Waals surface area (Å²) in [5.74, 6) is 0.810. The third-order valence-electron chi connectivity index (χ3n) is 3.45. The number of ether oxygens (including phenoxy) is 1. The fraction of sp³-hybridized carbons (Fsp3) is 0.571. The molecule has 1 atom stereocenters. The summed E-state index contributed by atoms with van der Waals surface area (Å²) in [6.45, 7) is 4.12. The van der Waals surface area contributed by atoms with Gasteiger partial charge in [-0.3, -0.25) is 0 Å². The molecule has 4 heteroatoms. The average Bonchev–Trinajstić information content (AvgIpc) is 2.86. The van der Waals surface area contributed by atoms with Crippen LogP contribution in [0.1, 0.15) is 24.8 Å². The normalized spacial score (nSPS) is 18.9. The van der Waals surface area contributed by atoms with Gasteiger partial charge in [0.2, 0.25) is 0 Å². The van der Waals surface area contributed by atoms with Crippen LogP contribution in [0.15, 0.2) is 12.1 Å². The van der Waals surface area contributed by atoms with E-state index in [1.54, 1.807) is 7.11 Å². The van der Waals surface area contributed by atoms with Gasteiger partial charge in [0, 0.05) is 23.7 Å². The molecule has 0 saturated carbocycles. The first-order valence-electron chi connectivity index (χ1n) is 6.52. The summed E-state index contributed by atoms with van der Waals surface area (Å²) < 4.78 is 5.34. The van der Waals surface area contributed by atoms with E-state index < -0.39 is 0 Å². The standard InChI is InChI=1S/C14H21ClN2O/c1-10-8-13(14(18-2)9-12(10)15)17-7-5-11-4-3-6-16-11/h8-9,11,16-17H,3-7H2,1-2H3. The van der Waals surface area contributed by atoms with Crippen molar-refractivity contribution in [2.75, 3.05) is 25.5 Å². The zero-order valence-corrected chi connectivity index (χ0v) is 11.8. The Morgan fingerprint density at radius 2 is 2.33 bits per heavy atom. The number of rotatable bonds is 5. The second-order valence-corrected chi connectivity index (χ2v) is 5.22. The van der Waals surface area contributed by atoms with Gasteiger partial charge in [0.15, 0.2) is 0 Å². The van der Waals surface area contributed by atoms with Crippen LogP contribution < -0.4 is 15.4 Å². The fourth-order valence-corrected chi connectivity index (χ4v) is 2.51. The maximum Gasteiger partial charge on any atom is 0.143 e. The predicted octanol–water partition coefficient (Wildman–Crippen LogP) is 3.21. The van der Waals surface area contributed by atoms with Crippen molar-refractivity contribution in [3.63, 3.8) is 0 Å². The van der Waals surface area contributed by atoms with Crippen LogP contribution in [-0.2, 0) is 0 Å². The topological polar surface area (TPSA) is 33.3 Å². The minimum atomic E-state index is 0.664. The molecule has 2 N–H and O–H groups in total. The lowest BCUT2D eigenvalue weighted by molar-refractivity contribution is 0.416. The monoisotopic (exact) mass is 268 g/mol. The van der Waals surface area contributed by atoms with Gasteiger partial charge in [-0.1, -0.05) is 11.6 Å². The number of hydrogen-bond acceptors (Lipinski definition) is 3. The molecule has 1 aromatic carbocycles. The van der Waals surface area contributed by atoms with Crippen LogP contribution in [0, 0.1) is 6.92 Å². The van der Waals surface area contributed by atoms with Crippen LogP contribution >= 0.6 is 11.6 Å². The number of hydrogen-bond donors (Lipinski definition) is 2. The van der Waals surface area contributed by atoms with Gasteiger partial charge >= 0.3 is 0 Å². The summed E-state index contributed by atoms with van der Waals surface area (Å²) >= 11 is 6.08. The van der Waals surface area contributed by atoms with E-state index in [1.165, 1.54) is 12.8 Å². The Labute approximate surface area is 114 Å². The van der Waals surface area contributed by atoms with E-state index in [0.29, 0.717) is 6.04 Å². The average molecular weight is 269 g/mol. The highest BCUT2D eigenvalue weighted by molar-refractivity contribution is 6.31. The molecule has 0 bridgehead atoms. The van der Waals surface area contributed by atoms with Crippen LogP contribution in [0.4, 0.5) is 5.69 Å². The first-order valence-corrected chi connectivity index (χ1v) is 6.90. The van der Waals surface area contributed by atoms with E-state index in [1.807, 2.05) is 19.1 Å². The van der Waals surface area contributed by atoms with Gasteiger partial charge in [0.1, 0.15) is 5.75 Å². The Morgan fingerprint density at radius 1 is 1.50 bits per heavy atom. The van der Waals surface area contributed by atoms with Crippen molar-refractivity contribution in [2.45, 2.75) is 32.2 Å². The summed E-state index contributed by atoms with van der Waals surface area (Å²) in [6.07, 6.45) is 3.73. The summed E-state index contributed by atoms with van der Waals surface area (Å²) in [5, 5.41) is 7.68. The van der Waals surface area contributed by atoms with Gasteiger partial charge in [0.05, 0.1) is 12.8 Å². The smallest absolute Gasteiger partial charge is 0.143 e. The highest BCUT2D eigenvalue weighted by Gasteiger charge is 2.13. The molecule has 1 saturated heterocycles. The zero-order valence-electron chi connectivity index (χ0n) is 11.1. The second-order valence-electron chi connectivity index (χ2n) is 4.81. The second kappa shape index (κ2) is 6.30. The molecule has 0 aliphatic carbocycles. The molecule has 1 aliphatic heterocycles. The summed E-state index contributed by atoms with van der Waals surface area (Å²) in [4.78, 5) is 0. The Morgan fingerprint density at radius 3 is 3.00 bits per heavy atom. The van der Waals surface area contributed by atoms with Crippen molar-refractivity contribution in [2.24, 2.45) is 0 Å². The minimum absolute atomic E-state index is 0.664. The Hall–Kier alpha value is -0.930. The third kappa shape index (κ3) is 3.30. The van der Waals surface area contributed by atoms with Crippen molar-refractivity contribution in [3.05, 3.63) is 22.7 Å². The molecule has 100 valence electrons. The molecule has 0 aromatic heterocycles. The largest absolute Gasteiger partial charge is 0.495 e. The van der Waals surface area contributed by atoms with E-state index >= 15 is 0 Å². The lowest BCUT2D eigenvalue weighted by Gasteiger charge is -2.15.